The molecule has 0 fully saturated rings. The highest BCUT2D eigenvalue weighted by Gasteiger charge is 2.09. The van der Waals surface area contributed by atoms with Gasteiger partial charge < -0.3 is 5.32 Å². The molecule has 1 aromatic heterocycles. The molecule has 0 aliphatic carbocycles. The van der Waals surface area contributed by atoms with Gasteiger partial charge in [0.2, 0.25) is 0 Å². The largest absolute Gasteiger partial charge is 0.378 e. The molecule has 0 spiro atoms. The van der Waals surface area contributed by atoms with Gasteiger partial charge in [-0.25, -0.2) is 4.68 Å². The van der Waals surface area contributed by atoms with E-state index in [1.54, 1.807) is 6.20 Å². The number of nitrogens with zero attached hydrogens (tertiary/aromatic N) is 2. The third-order valence-electron chi connectivity index (χ3n) is 1.99. The molecule has 0 unspecified atom stereocenters. The molecular formula is C11H15BrClN3O. The first-order chi connectivity index (χ1) is 7.91. The van der Waals surface area contributed by atoms with E-state index in [0.29, 0.717) is 34.2 Å². The van der Waals surface area contributed by atoms with Crippen LogP contribution in [-0.4, -0.2) is 16.3 Å². The lowest BCUT2D eigenvalue weighted by atomic mass is 10.2. The summed E-state index contributed by atoms with van der Waals surface area (Å²) in [6.07, 6.45) is 1.60. The topological polar surface area (TPSA) is 46.9 Å². The Labute approximate surface area is 114 Å². The number of hydrogen-bond acceptors (Lipinski definition) is 3. The number of nitrogens with one attached hydrogen (secondary N) is 1. The summed E-state index contributed by atoms with van der Waals surface area (Å²) in [5.74, 6) is 0.369. The van der Waals surface area contributed by atoms with Gasteiger partial charge in [0.25, 0.3) is 5.56 Å². The lowest BCUT2D eigenvalue weighted by Crippen LogP contribution is -2.26. The zero-order chi connectivity index (χ0) is 13.0. The van der Waals surface area contributed by atoms with Crippen LogP contribution in [0, 0.1) is 5.92 Å². The van der Waals surface area contributed by atoms with Gasteiger partial charge >= 0.3 is 0 Å². The van der Waals surface area contributed by atoms with Crippen LogP contribution in [0.15, 0.2) is 27.1 Å². The molecule has 4 nitrogen and oxygen atoms in total. The fourth-order valence-corrected chi connectivity index (χ4v) is 1.77. The third-order valence-corrected chi connectivity index (χ3v) is 2.89. The first-order valence-corrected chi connectivity index (χ1v) is 6.41. The maximum atomic E-state index is 11.9. The van der Waals surface area contributed by atoms with Crippen molar-refractivity contribution in [1.82, 2.24) is 9.78 Å². The predicted octanol–water partition coefficient (Wildman–Crippen LogP) is 2.83. The summed E-state index contributed by atoms with van der Waals surface area (Å²) >= 11 is 8.91. The van der Waals surface area contributed by atoms with Gasteiger partial charge in [-0.2, -0.15) is 5.10 Å². The number of aromatic nitrogens is 2. The van der Waals surface area contributed by atoms with Crippen molar-refractivity contribution in [3.8, 4) is 0 Å². The first-order valence-electron chi connectivity index (χ1n) is 5.24. The van der Waals surface area contributed by atoms with Crippen molar-refractivity contribution in [2.75, 3.05) is 11.9 Å². The monoisotopic (exact) mass is 319 g/mol. The van der Waals surface area contributed by atoms with Gasteiger partial charge in [0.15, 0.2) is 0 Å². The highest BCUT2D eigenvalue weighted by molar-refractivity contribution is 9.10. The van der Waals surface area contributed by atoms with Crippen LogP contribution in [0.1, 0.15) is 13.8 Å². The summed E-state index contributed by atoms with van der Waals surface area (Å²) < 4.78 is 1.90. The zero-order valence-corrected chi connectivity index (χ0v) is 12.2. The van der Waals surface area contributed by atoms with E-state index >= 15 is 0 Å². The van der Waals surface area contributed by atoms with Crippen LogP contribution in [0.2, 0.25) is 0 Å². The SMILES string of the molecule is C=C(Cl)CNc1cnn(CC(C)C)c(=O)c1Br. The molecule has 0 atom stereocenters. The highest BCUT2D eigenvalue weighted by Crippen LogP contribution is 2.16. The summed E-state index contributed by atoms with van der Waals surface area (Å²) in [5, 5.41) is 7.55. The maximum Gasteiger partial charge on any atom is 0.283 e. The Morgan fingerprint density at radius 2 is 2.35 bits per heavy atom. The van der Waals surface area contributed by atoms with Crippen molar-refractivity contribution in [2.45, 2.75) is 20.4 Å². The zero-order valence-electron chi connectivity index (χ0n) is 9.83. The molecule has 0 amide bonds. The lowest BCUT2D eigenvalue weighted by Gasteiger charge is -2.11. The number of halogens is 2. The van der Waals surface area contributed by atoms with Crippen LogP contribution >= 0.6 is 27.5 Å². The second-order valence-electron chi connectivity index (χ2n) is 4.12. The Bertz CT molecular complexity index is 470. The van der Waals surface area contributed by atoms with Crippen molar-refractivity contribution in [3.05, 3.63) is 32.6 Å². The quantitative estimate of drug-likeness (QED) is 0.907. The van der Waals surface area contributed by atoms with Crippen LogP contribution in [0.25, 0.3) is 0 Å². The van der Waals surface area contributed by atoms with E-state index in [-0.39, 0.29) is 5.56 Å². The molecule has 0 aliphatic rings. The molecule has 0 radical (unpaired) electrons. The van der Waals surface area contributed by atoms with Crippen LogP contribution in [0.5, 0.6) is 0 Å². The van der Waals surface area contributed by atoms with Crippen LogP contribution < -0.4 is 10.9 Å². The fraction of sp³-hybridized carbons (Fsp3) is 0.455. The van der Waals surface area contributed by atoms with Gasteiger partial charge in [-0.15, -0.1) is 0 Å². The predicted molar refractivity (Wildman–Crippen MR) is 74.5 cm³/mol. The lowest BCUT2D eigenvalue weighted by molar-refractivity contribution is 0.462. The average Bonchev–Trinajstić information content (AvgIpc) is 2.23. The van der Waals surface area contributed by atoms with Crippen molar-refractivity contribution in [3.63, 3.8) is 0 Å². The molecular weight excluding hydrogens is 305 g/mol. The molecule has 6 heteroatoms. The van der Waals surface area contributed by atoms with E-state index in [9.17, 15) is 4.79 Å². The van der Waals surface area contributed by atoms with Crippen molar-refractivity contribution in [2.24, 2.45) is 5.92 Å². The highest BCUT2D eigenvalue weighted by atomic mass is 79.9. The van der Waals surface area contributed by atoms with Gasteiger partial charge in [0.1, 0.15) is 4.47 Å². The van der Waals surface area contributed by atoms with Crippen molar-refractivity contribution in [1.29, 1.82) is 0 Å². The standard InChI is InChI=1S/C11H15BrClN3O/c1-7(2)6-16-11(17)10(12)9(5-15-16)14-4-8(3)13/h5,7,14H,3-4,6H2,1-2H3. The van der Waals surface area contributed by atoms with Crippen molar-refractivity contribution >= 4 is 33.2 Å². The van der Waals surface area contributed by atoms with Gasteiger partial charge in [-0.3, -0.25) is 4.79 Å². The summed E-state index contributed by atoms with van der Waals surface area (Å²) in [4.78, 5) is 11.9. The molecule has 1 heterocycles. The fourth-order valence-electron chi connectivity index (χ4n) is 1.26. The average molecular weight is 321 g/mol. The third kappa shape index (κ3) is 4.16. The Kier molecular flexibility index (Phi) is 5.21. The minimum absolute atomic E-state index is 0.149. The molecule has 0 saturated carbocycles. The van der Waals surface area contributed by atoms with E-state index in [2.05, 4.69) is 32.9 Å². The van der Waals surface area contributed by atoms with Gasteiger partial charge in [-0.05, 0) is 21.8 Å². The van der Waals surface area contributed by atoms with Crippen LogP contribution in [0.4, 0.5) is 5.69 Å². The van der Waals surface area contributed by atoms with Gasteiger partial charge in [-0.1, -0.05) is 32.0 Å². The molecule has 0 saturated heterocycles. The normalized spacial score (nSPS) is 10.6. The Morgan fingerprint density at radius 3 is 2.88 bits per heavy atom. The Balaban J connectivity index is 2.94. The van der Waals surface area contributed by atoms with Crippen LogP contribution in [-0.2, 0) is 6.54 Å². The molecule has 1 N–H and O–H groups in total. The summed E-state index contributed by atoms with van der Waals surface area (Å²) in [7, 11) is 0. The van der Waals surface area contributed by atoms with E-state index in [4.69, 9.17) is 11.6 Å². The Hall–Kier alpha value is -0.810. The summed E-state index contributed by atoms with van der Waals surface area (Å²) in [6, 6.07) is 0. The maximum absolute atomic E-state index is 11.9. The first kappa shape index (κ1) is 14.3. The smallest absolute Gasteiger partial charge is 0.283 e. The molecule has 1 rings (SSSR count). The van der Waals surface area contributed by atoms with E-state index in [0.717, 1.165) is 0 Å². The van der Waals surface area contributed by atoms with E-state index in [1.165, 1.54) is 4.68 Å². The van der Waals surface area contributed by atoms with Crippen molar-refractivity contribution < 1.29 is 0 Å². The molecule has 0 bridgehead atoms. The second kappa shape index (κ2) is 6.21. The van der Waals surface area contributed by atoms with Crippen LogP contribution in [0.3, 0.4) is 0 Å². The van der Waals surface area contributed by atoms with Gasteiger partial charge in [0.05, 0.1) is 18.4 Å². The molecule has 17 heavy (non-hydrogen) atoms. The minimum Gasteiger partial charge on any atom is -0.378 e. The molecule has 0 aromatic carbocycles. The molecule has 0 aliphatic heterocycles. The second-order valence-corrected chi connectivity index (χ2v) is 5.45. The number of anilines is 1. The minimum atomic E-state index is -0.149. The number of rotatable bonds is 5. The molecule has 1 aromatic rings. The molecule has 94 valence electrons. The van der Waals surface area contributed by atoms with E-state index < -0.39 is 0 Å². The summed E-state index contributed by atoms with van der Waals surface area (Å²) in [6.45, 7) is 8.63. The Morgan fingerprint density at radius 1 is 1.71 bits per heavy atom. The van der Waals surface area contributed by atoms with Gasteiger partial charge in [0, 0.05) is 11.6 Å². The summed E-state index contributed by atoms with van der Waals surface area (Å²) in [5.41, 5.74) is 0.473. The van der Waals surface area contributed by atoms with E-state index in [1.807, 2.05) is 13.8 Å². The number of hydrogen-bond donors (Lipinski definition) is 1.